The van der Waals surface area contributed by atoms with Crippen LogP contribution in [0.25, 0.3) is 0 Å². The molecule has 3 aromatic carbocycles. The number of rotatable bonds is 15. The van der Waals surface area contributed by atoms with E-state index in [1.54, 1.807) is 12.1 Å². The predicted molar refractivity (Wildman–Crippen MR) is 145 cm³/mol. The summed E-state index contributed by atoms with van der Waals surface area (Å²) in [4.78, 5) is 11.0. The van der Waals surface area contributed by atoms with Crippen molar-refractivity contribution in [1.82, 2.24) is 4.72 Å². The lowest BCUT2D eigenvalue weighted by Gasteiger charge is -2.20. The highest BCUT2D eigenvalue weighted by Gasteiger charge is 2.21. The number of aliphatic carboxylic acids is 1. The minimum absolute atomic E-state index is 0.134. The third-order valence-corrected chi connectivity index (χ3v) is 7.95. The van der Waals surface area contributed by atoms with Crippen molar-refractivity contribution in [3.63, 3.8) is 0 Å². The monoisotopic (exact) mass is 527 g/mol. The quantitative estimate of drug-likeness (QED) is 0.209. The van der Waals surface area contributed by atoms with E-state index in [1.165, 1.54) is 17.7 Å². The topological polar surface area (TPSA) is 83.5 Å². The molecule has 0 bridgehead atoms. The van der Waals surface area contributed by atoms with Crippen molar-refractivity contribution in [2.24, 2.45) is 0 Å². The highest BCUT2D eigenvalue weighted by Crippen LogP contribution is 2.25. The maximum Gasteiger partial charge on any atom is 0.303 e. The molecular formula is C29H34ClNO4S. The second-order valence-electron chi connectivity index (χ2n) is 9.06. The van der Waals surface area contributed by atoms with Crippen molar-refractivity contribution >= 4 is 27.6 Å². The molecule has 3 rings (SSSR count). The Kier molecular flexibility index (Phi) is 11.0. The van der Waals surface area contributed by atoms with Gasteiger partial charge in [-0.1, -0.05) is 85.5 Å². The van der Waals surface area contributed by atoms with Crippen LogP contribution in [0, 0.1) is 0 Å². The molecular weight excluding hydrogens is 494 g/mol. The van der Waals surface area contributed by atoms with Gasteiger partial charge in [-0.15, -0.1) is 0 Å². The molecule has 0 aliphatic rings. The van der Waals surface area contributed by atoms with Crippen LogP contribution in [0.4, 0.5) is 0 Å². The Morgan fingerprint density at radius 3 is 2.06 bits per heavy atom. The molecule has 0 aliphatic carbocycles. The molecule has 0 aromatic heterocycles. The van der Waals surface area contributed by atoms with Crippen LogP contribution in [0.5, 0.6) is 0 Å². The van der Waals surface area contributed by atoms with Crippen molar-refractivity contribution in [3.8, 4) is 0 Å². The molecule has 2 N–H and O–H groups in total. The number of aryl methyl sites for hydroxylation is 2. The van der Waals surface area contributed by atoms with Gasteiger partial charge in [-0.2, -0.15) is 0 Å². The summed E-state index contributed by atoms with van der Waals surface area (Å²) in [7, 11) is -3.72. The van der Waals surface area contributed by atoms with E-state index in [4.69, 9.17) is 16.7 Å². The number of unbranched alkanes of at least 4 members (excludes halogenated alkanes) is 3. The first kappa shape index (κ1) is 27.9. The Labute approximate surface area is 219 Å². The number of carboxylic acids is 1. The van der Waals surface area contributed by atoms with Crippen LogP contribution >= 0.6 is 11.6 Å². The summed E-state index contributed by atoms with van der Waals surface area (Å²) in [6, 6.07) is 24.1. The molecule has 0 heterocycles. The SMILES string of the molecule is O=C(O)CCCc1ccc(C(CCCCCCc2ccccc2)NS(=O)(=O)c2ccc(Cl)cc2)cc1. The van der Waals surface area contributed by atoms with Crippen molar-refractivity contribution < 1.29 is 18.3 Å². The zero-order valence-electron chi connectivity index (χ0n) is 20.4. The first-order valence-corrected chi connectivity index (χ1v) is 14.3. The number of sulfonamides is 1. The van der Waals surface area contributed by atoms with Gasteiger partial charge in [0, 0.05) is 17.5 Å². The van der Waals surface area contributed by atoms with E-state index < -0.39 is 16.0 Å². The molecule has 5 nitrogen and oxygen atoms in total. The van der Waals surface area contributed by atoms with Crippen LogP contribution in [0.1, 0.15) is 67.7 Å². The Morgan fingerprint density at radius 1 is 0.778 bits per heavy atom. The number of nitrogens with one attached hydrogen (secondary N) is 1. The van der Waals surface area contributed by atoms with Crippen LogP contribution in [-0.2, 0) is 27.7 Å². The smallest absolute Gasteiger partial charge is 0.303 e. The number of carbonyl (C=O) groups is 1. The summed E-state index contributed by atoms with van der Waals surface area (Å²) in [5.41, 5.74) is 3.29. The predicted octanol–water partition coefficient (Wildman–Crippen LogP) is 6.96. The molecule has 1 unspecified atom stereocenters. The van der Waals surface area contributed by atoms with Gasteiger partial charge in [-0.25, -0.2) is 13.1 Å². The highest BCUT2D eigenvalue weighted by atomic mass is 35.5. The van der Waals surface area contributed by atoms with Crippen molar-refractivity contribution in [3.05, 3.63) is 101 Å². The molecule has 0 spiro atoms. The number of halogens is 1. The minimum atomic E-state index is -3.72. The molecule has 36 heavy (non-hydrogen) atoms. The molecule has 3 aromatic rings. The Morgan fingerprint density at radius 2 is 1.39 bits per heavy atom. The number of hydrogen-bond acceptors (Lipinski definition) is 3. The summed E-state index contributed by atoms with van der Waals surface area (Å²) in [5, 5.41) is 9.33. The fraction of sp³-hybridized carbons (Fsp3) is 0.345. The summed E-state index contributed by atoms with van der Waals surface area (Å²) >= 11 is 5.93. The maximum absolute atomic E-state index is 13.1. The second-order valence-corrected chi connectivity index (χ2v) is 11.2. The van der Waals surface area contributed by atoms with E-state index in [9.17, 15) is 13.2 Å². The van der Waals surface area contributed by atoms with E-state index in [0.717, 1.165) is 43.2 Å². The Hall–Kier alpha value is -2.67. The van der Waals surface area contributed by atoms with Crippen LogP contribution in [-0.4, -0.2) is 19.5 Å². The molecule has 1 atom stereocenters. The molecule has 0 radical (unpaired) electrons. The molecule has 0 aliphatic heterocycles. The van der Waals surface area contributed by atoms with Gasteiger partial charge in [0.2, 0.25) is 10.0 Å². The zero-order chi connectivity index (χ0) is 25.8. The maximum atomic E-state index is 13.1. The second kappa shape index (κ2) is 14.2. The van der Waals surface area contributed by atoms with Gasteiger partial charge in [0.25, 0.3) is 0 Å². The third-order valence-electron chi connectivity index (χ3n) is 6.21. The summed E-state index contributed by atoms with van der Waals surface area (Å²) in [6.07, 6.45) is 7.26. The van der Waals surface area contributed by atoms with Crippen molar-refractivity contribution in [1.29, 1.82) is 0 Å². The van der Waals surface area contributed by atoms with Crippen LogP contribution in [0.3, 0.4) is 0 Å². The van der Waals surface area contributed by atoms with Gasteiger partial charge in [-0.05, 0) is 73.1 Å². The Bertz CT molecular complexity index is 1180. The minimum Gasteiger partial charge on any atom is -0.481 e. The van der Waals surface area contributed by atoms with Crippen LogP contribution in [0.15, 0.2) is 83.8 Å². The van der Waals surface area contributed by atoms with Gasteiger partial charge >= 0.3 is 5.97 Å². The van der Waals surface area contributed by atoms with Gasteiger partial charge in [0.15, 0.2) is 0 Å². The standard InChI is InChI=1S/C29H34ClNO4S/c30-26-19-21-27(22-20-26)36(34,35)31-28(13-7-2-1-4-9-23-10-5-3-6-11-23)25-17-15-24(16-18-25)12-8-14-29(32)33/h3,5-6,10-11,15-22,28,31H,1-2,4,7-9,12-14H2,(H,32,33). The van der Waals surface area contributed by atoms with Crippen molar-refractivity contribution in [2.45, 2.75) is 68.7 Å². The Balaban J connectivity index is 1.61. The lowest BCUT2D eigenvalue weighted by molar-refractivity contribution is -0.137. The molecule has 0 saturated heterocycles. The fourth-order valence-corrected chi connectivity index (χ4v) is 5.58. The molecule has 192 valence electrons. The van der Waals surface area contributed by atoms with E-state index in [2.05, 4.69) is 29.0 Å². The molecule has 0 saturated carbocycles. The summed E-state index contributed by atoms with van der Waals surface area (Å²) in [6.45, 7) is 0. The van der Waals surface area contributed by atoms with Crippen LogP contribution in [0.2, 0.25) is 5.02 Å². The van der Waals surface area contributed by atoms with E-state index >= 15 is 0 Å². The average molecular weight is 528 g/mol. The zero-order valence-corrected chi connectivity index (χ0v) is 22.0. The first-order valence-electron chi connectivity index (χ1n) is 12.5. The highest BCUT2D eigenvalue weighted by molar-refractivity contribution is 7.89. The van der Waals surface area contributed by atoms with E-state index in [1.807, 2.05) is 30.3 Å². The third kappa shape index (κ3) is 9.41. The van der Waals surface area contributed by atoms with Gasteiger partial charge in [0.1, 0.15) is 0 Å². The van der Waals surface area contributed by atoms with Crippen LogP contribution < -0.4 is 4.72 Å². The normalized spacial score (nSPS) is 12.4. The largest absolute Gasteiger partial charge is 0.481 e. The lowest BCUT2D eigenvalue weighted by atomic mass is 9.98. The summed E-state index contributed by atoms with van der Waals surface area (Å²) < 4.78 is 29.1. The van der Waals surface area contributed by atoms with Gasteiger partial charge < -0.3 is 5.11 Å². The number of carboxylic acid groups (broad SMARTS) is 1. The lowest BCUT2D eigenvalue weighted by Crippen LogP contribution is -2.28. The van der Waals surface area contributed by atoms with E-state index in [0.29, 0.717) is 24.3 Å². The van der Waals surface area contributed by atoms with Gasteiger partial charge in [0.05, 0.1) is 4.90 Å². The molecule has 0 fully saturated rings. The number of hydrogen-bond donors (Lipinski definition) is 2. The number of benzene rings is 3. The summed E-state index contributed by atoms with van der Waals surface area (Å²) in [5.74, 6) is -0.799. The molecule has 0 amide bonds. The average Bonchev–Trinajstić information content (AvgIpc) is 2.86. The van der Waals surface area contributed by atoms with E-state index in [-0.39, 0.29) is 17.4 Å². The van der Waals surface area contributed by atoms with Gasteiger partial charge in [-0.3, -0.25) is 4.79 Å². The fourth-order valence-electron chi connectivity index (χ4n) is 4.20. The first-order chi connectivity index (χ1) is 17.3. The molecule has 7 heteroatoms. The van der Waals surface area contributed by atoms with Crippen molar-refractivity contribution in [2.75, 3.05) is 0 Å².